The van der Waals surface area contributed by atoms with Crippen molar-refractivity contribution in [3.05, 3.63) is 48.5 Å². The number of benzene rings is 3. The van der Waals surface area contributed by atoms with E-state index in [4.69, 9.17) is 16.6 Å². The van der Waals surface area contributed by atoms with Gasteiger partial charge in [-0.15, -0.1) is 10.2 Å². The zero-order chi connectivity index (χ0) is 24.4. The molecular formula is C19H19N5O7S2. The molecule has 0 aromatic heterocycles. The third kappa shape index (κ3) is 5.43. The fraction of sp³-hybridized carbons (Fsp3) is 0.105. The SMILES string of the molecule is NC(=O)Nc1ccc(N=Nc2ccc3cc(S(=O)(=O)CCO)ccc3c2S(=O)(=O)O)c(N)c1. The number of aliphatic hydroxyl groups is 1. The first-order chi connectivity index (χ1) is 15.4. The smallest absolute Gasteiger partial charge is 0.316 e. The van der Waals surface area contributed by atoms with Gasteiger partial charge in [-0.1, -0.05) is 12.1 Å². The van der Waals surface area contributed by atoms with Crippen molar-refractivity contribution in [3.8, 4) is 0 Å². The van der Waals surface area contributed by atoms with Crippen LogP contribution in [-0.2, 0) is 20.0 Å². The molecule has 14 heteroatoms. The monoisotopic (exact) mass is 493 g/mol. The lowest BCUT2D eigenvalue weighted by Crippen LogP contribution is -2.19. The van der Waals surface area contributed by atoms with Crippen LogP contribution in [0.15, 0.2) is 68.6 Å². The van der Waals surface area contributed by atoms with E-state index in [1.807, 2.05) is 0 Å². The summed E-state index contributed by atoms with van der Waals surface area (Å²) in [5.41, 5.74) is 11.3. The number of anilines is 2. The van der Waals surface area contributed by atoms with E-state index in [1.54, 1.807) is 0 Å². The molecule has 0 radical (unpaired) electrons. The number of aliphatic hydroxyl groups excluding tert-OH is 1. The van der Waals surface area contributed by atoms with E-state index in [0.717, 1.165) is 0 Å². The molecule has 0 fully saturated rings. The molecule has 12 nitrogen and oxygen atoms in total. The molecule has 174 valence electrons. The van der Waals surface area contributed by atoms with Crippen molar-refractivity contribution < 1.29 is 31.3 Å². The highest BCUT2D eigenvalue weighted by Crippen LogP contribution is 2.35. The Labute approximate surface area is 188 Å². The normalized spacial score (nSPS) is 12.3. The van der Waals surface area contributed by atoms with Gasteiger partial charge in [-0.05, 0) is 41.8 Å². The number of fused-ring (bicyclic) bond motifs is 1. The van der Waals surface area contributed by atoms with Crippen LogP contribution in [0, 0.1) is 0 Å². The molecule has 0 aliphatic rings. The second-order valence-corrected chi connectivity index (χ2v) is 10.2. The number of azo groups is 1. The summed E-state index contributed by atoms with van der Waals surface area (Å²) in [7, 11) is -8.56. The van der Waals surface area contributed by atoms with E-state index in [1.165, 1.54) is 48.5 Å². The second-order valence-electron chi connectivity index (χ2n) is 6.78. The third-order valence-corrected chi connectivity index (χ3v) is 7.10. The van der Waals surface area contributed by atoms with Gasteiger partial charge in [0.05, 0.1) is 22.9 Å². The minimum absolute atomic E-state index is 0.0193. The zero-order valence-electron chi connectivity index (χ0n) is 16.8. The number of nitrogen functional groups attached to an aromatic ring is 1. The number of carbonyl (C=O) groups excluding carboxylic acids is 1. The van der Waals surface area contributed by atoms with Crippen LogP contribution in [0.2, 0.25) is 0 Å². The van der Waals surface area contributed by atoms with Crippen LogP contribution < -0.4 is 16.8 Å². The summed E-state index contributed by atoms with van der Waals surface area (Å²) in [6.45, 7) is -0.571. The predicted octanol–water partition coefficient (Wildman–Crippen LogP) is 2.34. The standard InChI is InChI=1S/C19H19N5O7S2/c20-15-10-12(22-19(21)26)2-6-16(15)23-24-17-5-1-11-9-13(32(27,28)8-7-25)3-4-14(11)18(17)33(29,30)31/h1-6,9-10,25H,7-8,20H2,(H3,21,22,26)(H,29,30,31). The molecule has 7 N–H and O–H groups in total. The Hall–Kier alpha value is -3.59. The second kappa shape index (κ2) is 9.11. The Bertz CT molecular complexity index is 1490. The van der Waals surface area contributed by atoms with Gasteiger partial charge in [0.15, 0.2) is 9.84 Å². The number of primary amides is 1. The van der Waals surface area contributed by atoms with Crippen molar-refractivity contribution in [3.63, 3.8) is 0 Å². The number of nitrogens with one attached hydrogen (secondary N) is 1. The first-order valence-corrected chi connectivity index (χ1v) is 12.3. The van der Waals surface area contributed by atoms with E-state index in [0.29, 0.717) is 5.69 Å². The summed E-state index contributed by atoms with van der Waals surface area (Å²) < 4.78 is 58.4. The molecule has 33 heavy (non-hydrogen) atoms. The number of nitrogens with two attached hydrogens (primary N) is 2. The number of hydrogen-bond acceptors (Lipinski definition) is 9. The summed E-state index contributed by atoms with van der Waals surface area (Å²) in [5, 5.41) is 19.3. The van der Waals surface area contributed by atoms with E-state index in [-0.39, 0.29) is 32.7 Å². The van der Waals surface area contributed by atoms with Crippen molar-refractivity contribution in [2.75, 3.05) is 23.4 Å². The first-order valence-electron chi connectivity index (χ1n) is 9.18. The van der Waals surface area contributed by atoms with Crippen LogP contribution >= 0.6 is 0 Å². The summed E-state index contributed by atoms with van der Waals surface area (Å²) in [5.74, 6) is -0.495. The molecular weight excluding hydrogens is 474 g/mol. The Morgan fingerprint density at radius 1 is 0.970 bits per heavy atom. The van der Waals surface area contributed by atoms with Gasteiger partial charge < -0.3 is 21.9 Å². The quantitative estimate of drug-likeness (QED) is 0.186. The van der Waals surface area contributed by atoms with Gasteiger partial charge in [0, 0.05) is 11.1 Å². The number of amides is 2. The summed E-state index contributed by atoms with van der Waals surface area (Å²) in [6.07, 6.45) is 0. The van der Waals surface area contributed by atoms with Crippen LogP contribution in [0.1, 0.15) is 0 Å². The maximum Gasteiger partial charge on any atom is 0.316 e. The number of sulfone groups is 1. The lowest BCUT2D eigenvalue weighted by atomic mass is 10.1. The number of nitrogens with zero attached hydrogens (tertiary/aromatic N) is 2. The lowest BCUT2D eigenvalue weighted by molar-refractivity contribution is 0.259. The van der Waals surface area contributed by atoms with Gasteiger partial charge in [0.1, 0.15) is 16.3 Å². The average Bonchev–Trinajstić information content (AvgIpc) is 2.71. The molecule has 0 bridgehead atoms. The molecule has 0 unspecified atom stereocenters. The number of urea groups is 1. The Kier molecular flexibility index (Phi) is 6.64. The van der Waals surface area contributed by atoms with Crippen molar-refractivity contribution in [1.82, 2.24) is 0 Å². The van der Waals surface area contributed by atoms with Crippen LogP contribution in [0.5, 0.6) is 0 Å². The van der Waals surface area contributed by atoms with Crippen LogP contribution in [-0.4, -0.2) is 44.9 Å². The summed E-state index contributed by atoms with van der Waals surface area (Å²) in [4.78, 5) is 10.2. The molecule has 3 rings (SSSR count). The zero-order valence-corrected chi connectivity index (χ0v) is 18.5. The Morgan fingerprint density at radius 2 is 1.64 bits per heavy atom. The molecule has 0 aliphatic heterocycles. The molecule has 0 saturated carbocycles. The van der Waals surface area contributed by atoms with Crippen molar-refractivity contribution in [2.24, 2.45) is 16.0 Å². The number of hydrogen-bond donors (Lipinski definition) is 5. The number of rotatable bonds is 7. The minimum atomic E-state index is -4.79. The molecule has 0 aliphatic carbocycles. The topological polar surface area (TPSA) is 215 Å². The van der Waals surface area contributed by atoms with Gasteiger partial charge in [-0.2, -0.15) is 8.42 Å². The molecule has 3 aromatic carbocycles. The maximum atomic E-state index is 12.2. The predicted molar refractivity (Wildman–Crippen MR) is 121 cm³/mol. The van der Waals surface area contributed by atoms with Crippen molar-refractivity contribution in [2.45, 2.75) is 9.79 Å². The maximum absolute atomic E-state index is 12.2. The van der Waals surface area contributed by atoms with Crippen LogP contribution in [0.3, 0.4) is 0 Å². The van der Waals surface area contributed by atoms with E-state index in [2.05, 4.69) is 15.5 Å². The van der Waals surface area contributed by atoms with Crippen LogP contribution in [0.25, 0.3) is 10.8 Å². The Balaban J connectivity index is 2.09. The number of carbonyl (C=O) groups is 1. The highest BCUT2D eigenvalue weighted by molar-refractivity contribution is 7.91. The van der Waals surface area contributed by atoms with Gasteiger partial charge in [0.25, 0.3) is 10.1 Å². The van der Waals surface area contributed by atoms with E-state index < -0.39 is 43.2 Å². The average molecular weight is 494 g/mol. The highest BCUT2D eigenvalue weighted by Gasteiger charge is 2.22. The van der Waals surface area contributed by atoms with Crippen molar-refractivity contribution >= 4 is 59.5 Å². The van der Waals surface area contributed by atoms with Gasteiger partial charge >= 0.3 is 6.03 Å². The highest BCUT2D eigenvalue weighted by atomic mass is 32.2. The summed E-state index contributed by atoms with van der Waals surface area (Å²) in [6, 6.07) is 9.74. The molecule has 0 heterocycles. The molecule has 0 saturated heterocycles. The fourth-order valence-electron chi connectivity index (χ4n) is 3.02. The van der Waals surface area contributed by atoms with Gasteiger partial charge in [0.2, 0.25) is 0 Å². The van der Waals surface area contributed by atoms with Gasteiger partial charge in [-0.3, -0.25) is 4.55 Å². The summed E-state index contributed by atoms with van der Waals surface area (Å²) >= 11 is 0. The third-order valence-electron chi connectivity index (χ3n) is 4.46. The molecule has 3 aromatic rings. The van der Waals surface area contributed by atoms with Crippen molar-refractivity contribution in [1.29, 1.82) is 0 Å². The van der Waals surface area contributed by atoms with Gasteiger partial charge in [-0.25, -0.2) is 13.2 Å². The Morgan fingerprint density at radius 3 is 2.24 bits per heavy atom. The lowest BCUT2D eigenvalue weighted by Gasteiger charge is -2.09. The molecule has 0 atom stereocenters. The largest absolute Gasteiger partial charge is 0.397 e. The molecule has 2 amide bonds. The van der Waals surface area contributed by atoms with E-state index >= 15 is 0 Å². The van der Waals surface area contributed by atoms with E-state index in [9.17, 15) is 26.2 Å². The fourth-order valence-corrected chi connectivity index (χ4v) is 4.92. The first kappa shape index (κ1) is 24.1. The molecule has 0 spiro atoms. The minimum Gasteiger partial charge on any atom is -0.397 e. The van der Waals surface area contributed by atoms with Crippen LogP contribution in [0.4, 0.5) is 27.5 Å².